The second kappa shape index (κ2) is 8.93. The number of nitrogens with one attached hydrogen (secondary N) is 1. The van der Waals surface area contributed by atoms with Gasteiger partial charge in [0.15, 0.2) is 11.5 Å². The number of aromatic hydroxyl groups is 1. The molecule has 0 radical (unpaired) electrons. The van der Waals surface area contributed by atoms with E-state index in [4.69, 9.17) is 9.84 Å². The van der Waals surface area contributed by atoms with Crippen LogP contribution in [0.1, 0.15) is 24.0 Å². The van der Waals surface area contributed by atoms with Crippen molar-refractivity contribution in [2.45, 2.75) is 31.8 Å². The minimum atomic E-state index is -0.794. The van der Waals surface area contributed by atoms with Gasteiger partial charge in [-0.25, -0.2) is 0 Å². The largest absolute Gasteiger partial charge is 0.504 e. The molecule has 0 aliphatic rings. The Labute approximate surface area is 141 Å². The van der Waals surface area contributed by atoms with E-state index in [2.05, 4.69) is 5.32 Å². The number of carboxylic acid groups (broad SMARTS) is 1. The van der Waals surface area contributed by atoms with Gasteiger partial charge in [0.2, 0.25) is 0 Å². The fourth-order valence-corrected chi connectivity index (χ4v) is 2.58. The molecule has 0 spiro atoms. The molecule has 2 rings (SSSR count). The highest BCUT2D eigenvalue weighted by Crippen LogP contribution is 2.26. The van der Waals surface area contributed by atoms with E-state index in [-0.39, 0.29) is 18.2 Å². The maximum Gasteiger partial charge on any atom is 0.303 e. The first kappa shape index (κ1) is 17.8. The number of hydrogen-bond acceptors (Lipinski definition) is 4. The van der Waals surface area contributed by atoms with Crippen LogP contribution in [0.25, 0.3) is 0 Å². The SMILES string of the molecule is COc1ccc(CNC(CCC(=O)O)Cc2ccccc2)cc1O. The lowest BCUT2D eigenvalue weighted by Gasteiger charge is -2.18. The fourth-order valence-electron chi connectivity index (χ4n) is 2.58. The summed E-state index contributed by atoms with van der Waals surface area (Å²) >= 11 is 0. The molecule has 0 aliphatic heterocycles. The number of phenolic OH excluding ortho intramolecular Hbond substituents is 1. The van der Waals surface area contributed by atoms with E-state index in [0.29, 0.717) is 18.7 Å². The van der Waals surface area contributed by atoms with Crippen molar-refractivity contribution in [1.29, 1.82) is 0 Å². The van der Waals surface area contributed by atoms with E-state index in [9.17, 15) is 9.90 Å². The van der Waals surface area contributed by atoms with Gasteiger partial charge in [-0.15, -0.1) is 0 Å². The van der Waals surface area contributed by atoms with Gasteiger partial charge in [0, 0.05) is 19.0 Å². The zero-order chi connectivity index (χ0) is 17.4. The highest BCUT2D eigenvalue weighted by atomic mass is 16.5. The number of carboxylic acids is 1. The van der Waals surface area contributed by atoms with Gasteiger partial charge in [0.1, 0.15) is 0 Å². The lowest BCUT2D eigenvalue weighted by molar-refractivity contribution is -0.137. The van der Waals surface area contributed by atoms with Crippen LogP contribution in [-0.2, 0) is 17.8 Å². The Morgan fingerprint density at radius 1 is 1.17 bits per heavy atom. The summed E-state index contributed by atoms with van der Waals surface area (Å²) in [6.07, 6.45) is 1.43. The van der Waals surface area contributed by atoms with Gasteiger partial charge < -0.3 is 20.3 Å². The molecule has 3 N–H and O–H groups in total. The predicted octanol–water partition coefficient (Wildman–Crippen LogP) is 2.97. The van der Waals surface area contributed by atoms with Crippen LogP contribution in [-0.4, -0.2) is 29.3 Å². The first-order valence-corrected chi connectivity index (χ1v) is 7.93. The van der Waals surface area contributed by atoms with E-state index >= 15 is 0 Å². The van der Waals surface area contributed by atoms with Gasteiger partial charge in [-0.2, -0.15) is 0 Å². The summed E-state index contributed by atoms with van der Waals surface area (Å²) in [6.45, 7) is 0.550. The van der Waals surface area contributed by atoms with Crippen LogP contribution >= 0.6 is 0 Å². The normalized spacial score (nSPS) is 11.9. The number of aliphatic carboxylic acids is 1. The molecule has 1 atom stereocenters. The van der Waals surface area contributed by atoms with Crippen LogP contribution in [0.4, 0.5) is 0 Å². The summed E-state index contributed by atoms with van der Waals surface area (Å²) in [5.74, 6) is -0.260. The Bertz CT molecular complexity index is 658. The quantitative estimate of drug-likeness (QED) is 0.659. The standard InChI is InChI=1S/C19H23NO4/c1-24-18-9-7-15(12-17(18)21)13-20-16(8-10-19(22)23)11-14-5-3-2-4-6-14/h2-7,9,12,16,20-21H,8,10-11,13H2,1H3,(H,22,23). The van der Waals surface area contributed by atoms with Crippen LogP contribution in [0.2, 0.25) is 0 Å². The summed E-state index contributed by atoms with van der Waals surface area (Å²) in [4.78, 5) is 10.9. The van der Waals surface area contributed by atoms with Crippen molar-refractivity contribution in [1.82, 2.24) is 5.32 Å². The topological polar surface area (TPSA) is 78.8 Å². The Morgan fingerprint density at radius 2 is 1.92 bits per heavy atom. The van der Waals surface area contributed by atoms with Crippen molar-refractivity contribution >= 4 is 5.97 Å². The average Bonchev–Trinajstić information content (AvgIpc) is 2.58. The number of benzene rings is 2. The first-order valence-electron chi connectivity index (χ1n) is 7.93. The summed E-state index contributed by atoms with van der Waals surface area (Å²) in [6, 6.07) is 15.3. The zero-order valence-electron chi connectivity index (χ0n) is 13.7. The van der Waals surface area contributed by atoms with Crippen molar-refractivity contribution in [2.24, 2.45) is 0 Å². The molecule has 0 amide bonds. The predicted molar refractivity (Wildman–Crippen MR) is 92.3 cm³/mol. The molecule has 0 aliphatic carbocycles. The molecule has 0 saturated heterocycles. The van der Waals surface area contributed by atoms with E-state index < -0.39 is 5.97 Å². The van der Waals surface area contributed by atoms with Crippen molar-refractivity contribution < 1.29 is 19.7 Å². The minimum absolute atomic E-state index is 0.0488. The molecule has 128 valence electrons. The first-order chi connectivity index (χ1) is 11.6. The van der Waals surface area contributed by atoms with E-state index in [0.717, 1.165) is 17.5 Å². The van der Waals surface area contributed by atoms with Crippen molar-refractivity contribution in [3.8, 4) is 11.5 Å². The van der Waals surface area contributed by atoms with E-state index in [1.54, 1.807) is 12.1 Å². The molecule has 0 saturated carbocycles. The third kappa shape index (κ3) is 5.59. The number of phenols is 1. The van der Waals surface area contributed by atoms with Crippen LogP contribution in [0.3, 0.4) is 0 Å². The minimum Gasteiger partial charge on any atom is -0.504 e. The Hall–Kier alpha value is -2.53. The number of methoxy groups -OCH3 is 1. The number of carbonyl (C=O) groups is 1. The van der Waals surface area contributed by atoms with Gasteiger partial charge in [-0.1, -0.05) is 36.4 Å². The van der Waals surface area contributed by atoms with Crippen molar-refractivity contribution in [3.63, 3.8) is 0 Å². The molecular weight excluding hydrogens is 306 g/mol. The monoisotopic (exact) mass is 329 g/mol. The molecule has 1 unspecified atom stereocenters. The summed E-state index contributed by atoms with van der Waals surface area (Å²) < 4.78 is 5.03. The summed E-state index contributed by atoms with van der Waals surface area (Å²) in [7, 11) is 1.51. The van der Waals surface area contributed by atoms with E-state index in [1.165, 1.54) is 7.11 Å². The average molecular weight is 329 g/mol. The second-order valence-corrected chi connectivity index (χ2v) is 5.71. The molecular formula is C19H23NO4. The molecule has 2 aromatic rings. The Balaban J connectivity index is 1.99. The van der Waals surface area contributed by atoms with Crippen LogP contribution in [0.15, 0.2) is 48.5 Å². The van der Waals surface area contributed by atoms with Gasteiger partial charge >= 0.3 is 5.97 Å². The lowest BCUT2D eigenvalue weighted by atomic mass is 10.0. The summed E-state index contributed by atoms with van der Waals surface area (Å²) in [5, 5.41) is 22.2. The third-order valence-electron chi connectivity index (χ3n) is 3.87. The fraction of sp³-hybridized carbons (Fsp3) is 0.316. The molecule has 24 heavy (non-hydrogen) atoms. The number of hydrogen-bond donors (Lipinski definition) is 3. The zero-order valence-corrected chi connectivity index (χ0v) is 13.7. The second-order valence-electron chi connectivity index (χ2n) is 5.71. The molecule has 5 nitrogen and oxygen atoms in total. The van der Waals surface area contributed by atoms with Gasteiger partial charge in [-0.3, -0.25) is 4.79 Å². The third-order valence-corrected chi connectivity index (χ3v) is 3.87. The lowest BCUT2D eigenvalue weighted by Crippen LogP contribution is -2.31. The van der Waals surface area contributed by atoms with E-state index in [1.807, 2.05) is 36.4 Å². The maximum atomic E-state index is 10.9. The molecule has 0 bridgehead atoms. The van der Waals surface area contributed by atoms with Gasteiger partial charge in [0.25, 0.3) is 0 Å². The molecule has 2 aromatic carbocycles. The summed E-state index contributed by atoms with van der Waals surface area (Å²) in [5.41, 5.74) is 2.08. The van der Waals surface area contributed by atoms with Crippen molar-refractivity contribution in [2.75, 3.05) is 7.11 Å². The molecule has 5 heteroatoms. The highest BCUT2D eigenvalue weighted by molar-refractivity contribution is 5.66. The van der Waals surface area contributed by atoms with Crippen LogP contribution in [0.5, 0.6) is 11.5 Å². The Morgan fingerprint density at radius 3 is 2.54 bits per heavy atom. The highest BCUT2D eigenvalue weighted by Gasteiger charge is 2.12. The van der Waals surface area contributed by atoms with Gasteiger partial charge in [0.05, 0.1) is 7.11 Å². The van der Waals surface area contributed by atoms with Crippen LogP contribution in [0, 0.1) is 0 Å². The van der Waals surface area contributed by atoms with Gasteiger partial charge in [-0.05, 0) is 36.1 Å². The Kier molecular flexibility index (Phi) is 6.63. The van der Waals surface area contributed by atoms with Crippen LogP contribution < -0.4 is 10.1 Å². The number of ether oxygens (including phenoxy) is 1. The maximum absolute atomic E-state index is 10.9. The molecule has 0 heterocycles. The molecule has 0 aromatic heterocycles. The smallest absolute Gasteiger partial charge is 0.303 e. The molecule has 0 fully saturated rings. The number of rotatable bonds is 9. The van der Waals surface area contributed by atoms with Crippen molar-refractivity contribution in [3.05, 3.63) is 59.7 Å².